The van der Waals surface area contributed by atoms with Gasteiger partial charge in [0.1, 0.15) is 6.61 Å². The lowest BCUT2D eigenvalue weighted by atomic mass is 10.1. The summed E-state index contributed by atoms with van der Waals surface area (Å²) in [6.45, 7) is 1.29. The van der Waals surface area contributed by atoms with Crippen molar-refractivity contribution in [3.05, 3.63) is 40.3 Å². The fourth-order valence-corrected chi connectivity index (χ4v) is 3.33. The molecular formula is C18H20N2O6S. The highest BCUT2D eigenvalue weighted by atomic mass is 32.1. The number of ether oxygens (including phenoxy) is 3. The summed E-state index contributed by atoms with van der Waals surface area (Å²) in [5, 5.41) is 10.8. The average molecular weight is 392 g/mol. The van der Waals surface area contributed by atoms with E-state index in [1.165, 1.54) is 18.4 Å². The minimum atomic E-state index is -0.947. The van der Waals surface area contributed by atoms with Crippen molar-refractivity contribution in [3.8, 4) is 11.5 Å². The Labute approximate surface area is 160 Å². The van der Waals surface area contributed by atoms with Crippen LogP contribution in [0.15, 0.2) is 29.1 Å². The van der Waals surface area contributed by atoms with E-state index in [4.69, 9.17) is 19.3 Å². The number of aromatic nitrogens is 1. The molecule has 2 heterocycles. The zero-order valence-corrected chi connectivity index (χ0v) is 15.6. The molecule has 1 amide bonds. The Balaban J connectivity index is 1.68. The van der Waals surface area contributed by atoms with E-state index >= 15 is 0 Å². The first-order valence-corrected chi connectivity index (χ1v) is 9.31. The first-order chi connectivity index (χ1) is 13.1. The van der Waals surface area contributed by atoms with Gasteiger partial charge in [0, 0.05) is 24.0 Å². The lowest BCUT2D eigenvalue weighted by Crippen LogP contribution is -2.46. The van der Waals surface area contributed by atoms with Crippen molar-refractivity contribution in [2.75, 3.05) is 26.8 Å². The van der Waals surface area contributed by atoms with Gasteiger partial charge in [-0.2, -0.15) is 0 Å². The fourth-order valence-electron chi connectivity index (χ4n) is 2.79. The van der Waals surface area contributed by atoms with Crippen LogP contribution >= 0.6 is 11.3 Å². The number of amides is 1. The van der Waals surface area contributed by atoms with Gasteiger partial charge in [-0.1, -0.05) is 0 Å². The number of hydrogen-bond donors (Lipinski definition) is 1. The molecule has 0 aliphatic carbocycles. The molecule has 0 unspecified atom stereocenters. The number of carboxylic acid groups (broad SMARTS) is 1. The van der Waals surface area contributed by atoms with E-state index in [0.29, 0.717) is 36.8 Å². The van der Waals surface area contributed by atoms with Crippen molar-refractivity contribution in [3.63, 3.8) is 0 Å². The molecule has 1 atom stereocenters. The third-order valence-electron chi connectivity index (χ3n) is 4.10. The van der Waals surface area contributed by atoms with E-state index in [1.807, 2.05) is 5.38 Å². The molecule has 27 heavy (non-hydrogen) atoms. The smallest absolute Gasteiger partial charge is 0.306 e. The summed E-state index contributed by atoms with van der Waals surface area (Å²) in [7, 11) is 1.51. The zero-order chi connectivity index (χ0) is 19.2. The molecule has 0 radical (unpaired) electrons. The summed E-state index contributed by atoms with van der Waals surface area (Å²) < 4.78 is 16.5. The van der Waals surface area contributed by atoms with Gasteiger partial charge in [-0.25, -0.2) is 4.98 Å². The topological polar surface area (TPSA) is 98.2 Å². The second-order valence-corrected chi connectivity index (χ2v) is 6.69. The number of carbonyl (C=O) groups is 2. The molecular weight excluding hydrogens is 372 g/mol. The molecule has 1 aromatic carbocycles. The van der Waals surface area contributed by atoms with Gasteiger partial charge in [-0.05, 0) is 18.2 Å². The Morgan fingerprint density at radius 1 is 1.41 bits per heavy atom. The molecule has 0 bridgehead atoms. The number of nitrogens with zero attached hydrogens (tertiary/aromatic N) is 2. The van der Waals surface area contributed by atoms with Gasteiger partial charge in [0.05, 0.1) is 37.4 Å². The fraction of sp³-hybridized carbons (Fsp3) is 0.389. The van der Waals surface area contributed by atoms with Crippen LogP contribution in [0.5, 0.6) is 11.5 Å². The number of aliphatic carboxylic acids is 1. The predicted molar refractivity (Wildman–Crippen MR) is 97.3 cm³/mol. The first kappa shape index (κ1) is 19.1. The van der Waals surface area contributed by atoms with Gasteiger partial charge in [0.15, 0.2) is 11.5 Å². The Morgan fingerprint density at radius 3 is 2.96 bits per heavy atom. The molecule has 1 N–H and O–H groups in total. The van der Waals surface area contributed by atoms with Crippen LogP contribution in [0.3, 0.4) is 0 Å². The van der Waals surface area contributed by atoms with Crippen molar-refractivity contribution < 1.29 is 28.9 Å². The minimum Gasteiger partial charge on any atom is -0.493 e. The highest BCUT2D eigenvalue weighted by Crippen LogP contribution is 2.29. The summed E-state index contributed by atoms with van der Waals surface area (Å²) in [4.78, 5) is 29.4. The summed E-state index contributed by atoms with van der Waals surface area (Å²) in [5.41, 5.74) is 3.00. The molecule has 1 aliphatic heterocycles. The van der Waals surface area contributed by atoms with Crippen molar-refractivity contribution >= 4 is 23.2 Å². The maximum atomic E-state index is 12.8. The van der Waals surface area contributed by atoms with Gasteiger partial charge in [0.2, 0.25) is 0 Å². The van der Waals surface area contributed by atoms with Crippen LogP contribution in [0.2, 0.25) is 0 Å². The van der Waals surface area contributed by atoms with Crippen LogP contribution in [-0.4, -0.2) is 59.8 Å². The highest BCUT2D eigenvalue weighted by molar-refractivity contribution is 7.07. The molecule has 0 spiro atoms. The second kappa shape index (κ2) is 8.83. The van der Waals surface area contributed by atoms with Gasteiger partial charge in [-0.3, -0.25) is 9.59 Å². The molecule has 144 valence electrons. The number of carboxylic acids is 1. The highest BCUT2D eigenvalue weighted by Gasteiger charge is 2.27. The van der Waals surface area contributed by atoms with Gasteiger partial charge in [-0.15, -0.1) is 11.3 Å². The molecule has 3 rings (SSSR count). The Hall–Kier alpha value is -2.65. The minimum absolute atomic E-state index is 0.128. The molecule has 9 heteroatoms. The maximum absolute atomic E-state index is 12.8. The van der Waals surface area contributed by atoms with Crippen LogP contribution in [-0.2, 0) is 16.1 Å². The molecule has 1 fully saturated rings. The lowest BCUT2D eigenvalue weighted by Gasteiger charge is -2.32. The summed E-state index contributed by atoms with van der Waals surface area (Å²) in [6.07, 6.45) is -0.626. The quantitative estimate of drug-likeness (QED) is 0.770. The Kier molecular flexibility index (Phi) is 6.25. The lowest BCUT2D eigenvalue weighted by molar-refractivity contribution is -0.141. The number of morpholine rings is 1. The number of hydrogen-bond acceptors (Lipinski definition) is 7. The number of carbonyl (C=O) groups excluding carboxylic acids is 1. The molecule has 8 nitrogen and oxygen atoms in total. The third-order valence-corrected chi connectivity index (χ3v) is 4.73. The second-order valence-electron chi connectivity index (χ2n) is 5.98. The van der Waals surface area contributed by atoms with E-state index in [-0.39, 0.29) is 18.9 Å². The van der Waals surface area contributed by atoms with Crippen molar-refractivity contribution in [1.29, 1.82) is 0 Å². The molecule has 2 aromatic rings. The summed E-state index contributed by atoms with van der Waals surface area (Å²) >= 11 is 1.49. The largest absolute Gasteiger partial charge is 0.493 e. The third kappa shape index (κ3) is 4.95. The maximum Gasteiger partial charge on any atom is 0.306 e. The van der Waals surface area contributed by atoms with Crippen molar-refractivity contribution in [1.82, 2.24) is 9.88 Å². The predicted octanol–water partition coefficient (Wildman–Crippen LogP) is 2.05. The van der Waals surface area contributed by atoms with E-state index < -0.39 is 12.1 Å². The van der Waals surface area contributed by atoms with Crippen LogP contribution in [0, 0.1) is 0 Å². The van der Waals surface area contributed by atoms with Crippen LogP contribution in [0.1, 0.15) is 22.5 Å². The standard InChI is InChI=1S/C18H20N2O6S/c1-24-16-6-12(2-3-15(16)26-9-13-10-27-11-19-13)18(23)20-4-5-25-14(8-20)7-17(21)22/h2-3,6,10-11,14H,4-5,7-9H2,1H3,(H,21,22)/t14-/m0/s1. The van der Waals surface area contributed by atoms with Crippen LogP contribution < -0.4 is 9.47 Å². The number of thiazole rings is 1. The van der Waals surface area contributed by atoms with Gasteiger partial charge >= 0.3 is 5.97 Å². The van der Waals surface area contributed by atoms with E-state index in [9.17, 15) is 9.59 Å². The molecule has 0 saturated carbocycles. The van der Waals surface area contributed by atoms with Crippen molar-refractivity contribution in [2.45, 2.75) is 19.1 Å². The Bertz CT molecular complexity index is 795. The zero-order valence-electron chi connectivity index (χ0n) is 14.8. The van der Waals surface area contributed by atoms with Gasteiger partial charge in [0.25, 0.3) is 5.91 Å². The molecule has 1 aromatic heterocycles. The van der Waals surface area contributed by atoms with E-state index in [1.54, 1.807) is 28.6 Å². The summed E-state index contributed by atoms with van der Waals surface area (Å²) in [5.74, 6) is -0.171. The SMILES string of the molecule is COc1cc(C(=O)N2CCO[C@@H](CC(=O)O)C2)ccc1OCc1cscn1. The van der Waals surface area contributed by atoms with E-state index in [2.05, 4.69) is 4.98 Å². The Morgan fingerprint density at radius 2 is 2.26 bits per heavy atom. The first-order valence-electron chi connectivity index (χ1n) is 8.37. The van der Waals surface area contributed by atoms with Crippen LogP contribution in [0.4, 0.5) is 0 Å². The normalized spacial score (nSPS) is 16.8. The van der Waals surface area contributed by atoms with Crippen molar-refractivity contribution in [2.24, 2.45) is 0 Å². The van der Waals surface area contributed by atoms with E-state index in [0.717, 1.165) is 5.69 Å². The number of benzene rings is 1. The molecule has 1 aliphatic rings. The van der Waals surface area contributed by atoms with Crippen LogP contribution in [0.25, 0.3) is 0 Å². The monoisotopic (exact) mass is 392 g/mol. The number of methoxy groups -OCH3 is 1. The number of rotatable bonds is 7. The van der Waals surface area contributed by atoms with Gasteiger partial charge < -0.3 is 24.2 Å². The summed E-state index contributed by atoms with van der Waals surface area (Å²) in [6, 6.07) is 4.98. The average Bonchev–Trinajstić information content (AvgIpc) is 3.19. The molecule has 1 saturated heterocycles.